The second-order valence-corrected chi connectivity index (χ2v) is 8.28. The number of thiophene rings is 1. The third-order valence-electron chi connectivity index (χ3n) is 5.05. The number of nitrogens with one attached hydrogen (secondary N) is 1. The van der Waals surface area contributed by atoms with Gasteiger partial charge in [0.15, 0.2) is 0 Å². The highest BCUT2D eigenvalue weighted by atomic mass is 35.5. The molecule has 0 aromatic carbocycles. The van der Waals surface area contributed by atoms with Crippen LogP contribution in [0.5, 0.6) is 5.88 Å². The van der Waals surface area contributed by atoms with E-state index in [1.54, 1.807) is 22.0 Å². The predicted octanol–water partition coefficient (Wildman–Crippen LogP) is 4.56. The Morgan fingerprint density at radius 2 is 2.12 bits per heavy atom. The number of halogens is 1. The van der Waals surface area contributed by atoms with Crippen LogP contribution < -0.4 is 15.8 Å². The molecule has 0 amide bonds. The highest BCUT2D eigenvalue weighted by Crippen LogP contribution is 2.38. The Labute approximate surface area is 162 Å². The lowest BCUT2D eigenvalue weighted by molar-refractivity contribution is 0.142. The van der Waals surface area contributed by atoms with E-state index in [1.165, 1.54) is 10.4 Å². The van der Waals surface area contributed by atoms with Crippen molar-refractivity contribution in [1.29, 1.82) is 0 Å². The smallest absolute Gasteiger partial charge is 0.237 e. The number of aromatic nitrogens is 1. The van der Waals surface area contributed by atoms with Crippen molar-refractivity contribution in [2.45, 2.75) is 51.3 Å². The largest absolute Gasteiger partial charge is 0.473 e. The molecule has 0 spiro atoms. The minimum Gasteiger partial charge on any atom is -0.473 e. The fourth-order valence-electron chi connectivity index (χ4n) is 3.48. The maximum atomic E-state index is 6.41. The van der Waals surface area contributed by atoms with Crippen molar-refractivity contribution in [2.75, 3.05) is 5.32 Å². The van der Waals surface area contributed by atoms with E-state index in [-0.39, 0.29) is 6.10 Å². The molecule has 2 aromatic heterocycles. The van der Waals surface area contributed by atoms with E-state index >= 15 is 0 Å². The lowest BCUT2D eigenvalue weighted by Gasteiger charge is -2.29. The molecule has 0 atom stereocenters. The molecule has 0 radical (unpaired) electrons. The molecule has 3 heterocycles. The van der Waals surface area contributed by atoms with E-state index in [0.717, 1.165) is 49.3 Å². The molecule has 0 saturated heterocycles. The molecule has 0 bridgehead atoms. The topological polar surface area (TPSA) is 63.4 Å². The fraction of sp³-hybridized carbons (Fsp3) is 0.421. The molecular formula is C19H23ClN4OS. The molecule has 1 aliphatic heterocycles. The third-order valence-corrected chi connectivity index (χ3v) is 6.33. The number of anilines is 1. The van der Waals surface area contributed by atoms with Crippen molar-refractivity contribution in [3.8, 4) is 5.88 Å². The van der Waals surface area contributed by atoms with Crippen LogP contribution in [-0.2, 0) is 6.54 Å². The highest BCUT2D eigenvalue weighted by molar-refractivity contribution is 7.10. The lowest BCUT2D eigenvalue weighted by Crippen LogP contribution is -2.32. The van der Waals surface area contributed by atoms with Gasteiger partial charge < -0.3 is 15.8 Å². The van der Waals surface area contributed by atoms with Crippen molar-refractivity contribution in [3.05, 3.63) is 45.9 Å². The zero-order valence-electron chi connectivity index (χ0n) is 14.7. The van der Waals surface area contributed by atoms with Crippen molar-refractivity contribution in [3.63, 3.8) is 0 Å². The molecular weight excluding hydrogens is 368 g/mol. The van der Waals surface area contributed by atoms with Crippen molar-refractivity contribution in [1.82, 2.24) is 9.40 Å². The highest BCUT2D eigenvalue weighted by Gasteiger charge is 2.25. The summed E-state index contributed by atoms with van der Waals surface area (Å²) in [7, 11) is 0. The first kappa shape index (κ1) is 17.6. The van der Waals surface area contributed by atoms with Crippen LogP contribution in [0.25, 0.3) is 5.70 Å². The zero-order valence-corrected chi connectivity index (χ0v) is 16.3. The molecule has 5 nitrogen and oxygen atoms in total. The molecule has 2 aliphatic rings. The molecule has 2 aromatic rings. The van der Waals surface area contributed by atoms with Gasteiger partial charge in [-0.3, -0.25) is 4.42 Å². The Hall–Kier alpha value is -1.76. The van der Waals surface area contributed by atoms with Crippen LogP contribution in [0.1, 0.15) is 43.0 Å². The van der Waals surface area contributed by atoms with Crippen LogP contribution in [-0.4, -0.2) is 21.5 Å². The predicted molar refractivity (Wildman–Crippen MR) is 107 cm³/mol. The van der Waals surface area contributed by atoms with Crippen molar-refractivity contribution in [2.24, 2.45) is 5.73 Å². The van der Waals surface area contributed by atoms with Gasteiger partial charge in [-0.1, -0.05) is 0 Å². The van der Waals surface area contributed by atoms with Gasteiger partial charge >= 0.3 is 0 Å². The summed E-state index contributed by atoms with van der Waals surface area (Å²) in [6.07, 6.45) is 5.90. The first-order valence-corrected chi connectivity index (χ1v) is 10.2. The summed E-state index contributed by atoms with van der Waals surface area (Å²) in [6, 6.07) is 6.35. The summed E-state index contributed by atoms with van der Waals surface area (Å²) in [5.74, 6) is 0.636. The van der Waals surface area contributed by atoms with Gasteiger partial charge in [-0.15, -0.1) is 11.3 Å². The van der Waals surface area contributed by atoms with Crippen LogP contribution >= 0.6 is 23.1 Å². The maximum Gasteiger partial charge on any atom is 0.237 e. The molecule has 7 heteroatoms. The zero-order chi connectivity index (χ0) is 18.1. The number of rotatable bonds is 4. The second kappa shape index (κ2) is 7.47. The summed E-state index contributed by atoms with van der Waals surface area (Å²) < 4.78 is 7.96. The van der Waals surface area contributed by atoms with Crippen LogP contribution in [0.2, 0.25) is 0 Å². The number of ether oxygens (including phenoxy) is 1. The van der Waals surface area contributed by atoms with E-state index in [9.17, 15) is 0 Å². The Morgan fingerprint density at radius 3 is 2.92 bits per heavy atom. The summed E-state index contributed by atoms with van der Waals surface area (Å²) in [5, 5.41) is 5.62. The quantitative estimate of drug-likeness (QED) is 0.749. The standard InChI is InChI=1S/C19H23ClN4OS/c1-12-18(15-8-10-26-17(15)11-24(12)20)23-16-3-2-9-22-19(16)25-14-6-4-13(21)5-7-14/h2-3,8-10,13-14,23H,4-7,11,21H2,1H3. The number of hydrogen-bond donors (Lipinski definition) is 2. The van der Waals surface area contributed by atoms with Gasteiger partial charge in [0.2, 0.25) is 5.88 Å². The molecule has 1 saturated carbocycles. The van der Waals surface area contributed by atoms with Crippen molar-refractivity contribution < 1.29 is 4.74 Å². The Balaban J connectivity index is 1.58. The third kappa shape index (κ3) is 3.54. The average Bonchev–Trinajstić information content (AvgIpc) is 3.10. The van der Waals surface area contributed by atoms with Gasteiger partial charge in [0.05, 0.1) is 17.9 Å². The molecule has 4 rings (SSSR count). The lowest BCUT2D eigenvalue weighted by atomic mass is 9.94. The fourth-order valence-corrected chi connectivity index (χ4v) is 4.63. The Kier molecular flexibility index (Phi) is 5.07. The van der Waals surface area contributed by atoms with Gasteiger partial charge in [-0.2, -0.15) is 0 Å². The second-order valence-electron chi connectivity index (χ2n) is 6.87. The van der Waals surface area contributed by atoms with Gasteiger partial charge in [-0.25, -0.2) is 4.98 Å². The van der Waals surface area contributed by atoms with Crippen molar-refractivity contribution >= 4 is 34.5 Å². The van der Waals surface area contributed by atoms with Gasteiger partial charge in [0.1, 0.15) is 11.8 Å². The van der Waals surface area contributed by atoms with Crippen LogP contribution in [0.15, 0.2) is 35.5 Å². The van der Waals surface area contributed by atoms with E-state index in [4.69, 9.17) is 22.2 Å². The number of fused-ring (bicyclic) bond motifs is 1. The van der Waals surface area contributed by atoms with E-state index in [1.807, 2.05) is 19.1 Å². The number of allylic oxidation sites excluding steroid dienone is 1. The molecule has 26 heavy (non-hydrogen) atoms. The molecule has 138 valence electrons. The minimum atomic E-state index is 0.174. The van der Waals surface area contributed by atoms with Gasteiger partial charge in [0.25, 0.3) is 0 Å². The van der Waals surface area contributed by atoms with Gasteiger partial charge in [0, 0.05) is 34.5 Å². The van der Waals surface area contributed by atoms with Crippen LogP contribution in [0.4, 0.5) is 5.69 Å². The molecule has 1 fully saturated rings. The summed E-state index contributed by atoms with van der Waals surface area (Å²) >= 11 is 8.12. The van der Waals surface area contributed by atoms with E-state index in [0.29, 0.717) is 11.9 Å². The average molecular weight is 391 g/mol. The monoisotopic (exact) mass is 390 g/mol. The first-order chi connectivity index (χ1) is 12.6. The Morgan fingerprint density at radius 1 is 1.31 bits per heavy atom. The molecule has 1 aliphatic carbocycles. The summed E-state index contributed by atoms with van der Waals surface area (Å²) in [6.45, 7) is 2.75. The summed E-state index contributed by atoms with van der Waals surface area (Å²) in [5.41, 5.74) is 10.1. The van der Waals surface area contributed by atoms with E-state index in [2.05, 4.69) is 21.7 Å². The normalized spacial score (nSPS) is 23.0. The van der Waals surface area contributed by atoms with Gasteiger partial charge in [-0.05, 0) is 56.2 Å². The number of nitrogens with zero attached hydrogens (tertiary/aromatic N) is 2. The number of nitrogens with two attached hydrogens (primary N) is 1. The maximum absolute atomic E-state index is 6.41. The minimum absolute atomic E-state index is 0.174. The number of pyridine rings is 1. The molecule has 0 unspecified atom stereocenters. The first-order valence-electron chi connectivity index (χ1n) is 8.97. The number of hydrogen-bond acceptors (Lipinski definition) is 6. The molecule has 3 N–H and O–H groups in total. The van der Waals surface area contributed by atoms with Crippen LogP contribution in [0, 0.1) is 0 Å². The van der Waals surface area contributed by atoms with E-state index < -0.39 is 0 Å². The summed E-state index contributed by atoms with van der Waals surface area (Å²) in [4.78, 5) is 5.71. The van der Waals surface area contributed by atoms with Crippen LogP contribution in [0.3, 0.4) is 0 Å². The SMILES string of the molecule is CC1=C(Nc2cccnc2OC2CCC(N)CC2)c2ccsc2CN1Cl. The Bertz CT molecular complexity index is 813.